The smallest absolute Gasteiger partial charge is 0.224 e. The molecule has 0 saturated heterocycles. The van der Waals surface area contributed by atoms with Crippen LogP contribution in [0.5, 0.6) is 0 Å². The van der Waals surface area contributed by atoms with Crippen LogP contribution in [-0.2, 0) is 12.8 Å². The van der Waals surface area contributed by atoms with E-state index in [1.165, 1.54) is 11.1 Å². The number of aryl methyl sites for hydroxylation is 1. The van der Waals surface area contributed by atoms with Crippen LogP contribution >= 0.6 is 11.6 Å². The highest BCUT2D eigenvalue weighted by Gasteiger charge is 2.15. The maximum atomic E-state index is 5.95. The first kappa shape index (κ1) is 12.4. The van der Waals surface area contributed by atoms with Crippen molar-refractivity contribution in [3.63, 3.8) is 0 Å². The van der Waals surface area contributed by atoms with Crippen molar-refractivity contribution in [3.05, 3.63) is 52.4 Å². The van der Waals surface area contributed by atoms with Gasteiger partial charge in [-0.1, -0.05) is 24.3 Å². The zero-order valence-electron chi connectivity index (χ0n) is 10.9. The normalized spacial score (nSPS) is 14.9. The van der Waals surface area contributed by atoms with Gasteiger partial charge in [0.1, 0.15) is 5.82 Å². The third-order valence-electron chi connectivity index (χ3n) is 3.56. The Kier molecular flexibility index (Phi) is 3.38. The summed E-state index contributed by atoms with van der Waals surface area (Å²) in [4.78, 5) is 10.8. The Balaban J connectivity index is 1.85. The lowest BCUT2D eigenvalue weighted by molar-refractivity contribution is 0.786. The molecule has 0 aliphatic carbocycles. The van der Waals surface area contributed by atoms with Crippen molar-refractivity contribution in [1.29, 1.82) is 0 Å². The van der Waals surface area contributed by atoms with E-state index in [-0.39, 0.29) is 0 Å². The summed E-state index contributed by atoms with van der Waals surface area (Å²) in [6.45, 7) is 3.90. The predicted octanol–water partition coefficient (Wildman–Crippen LogP) is 3.04. The maximum Gasteiger partial charge on any atom is 0.224 e. The molecule has 0 atom stereocenters. The molecule has 0 unspecified atom stereocenters. The molecule has 98 valence electrons. The Morgan fingerprint density at radius 3 is 2.26 bits per heavy atom. The number of aromatic nitrogens is 2. The minimum atomic E-state index is 0.330. The van der Waals surface area contributed by atoms with Crippen LogP contribution in [0.15, 0.2) is 30.3 Å². The Hall–Kier alpha value is -1.61. The van der Waals surface area contributed by atoms with Crippen molar-refractivity contribution in [3.8, 4) is 0 Å². The quantitative estimate of drug-likeness (QED) is 0.748. The Morgan fingerprint density at radius 2 is 1.68 bits per heavy atom. The second-order valence-corrected chi connectivity index (χ2v) is 5.23. The van der Waals surface area contributed by atoms with Crippen molar-refractivity contribution in [2.75, 3.05) is 18.0 Å². The van der Waals surface area contributed by atoms with Gasteiger partial charge in [0.05, 0.1) is 0 Å². The molecule has 1 aromatic carbocycles. The molecule has 1 aliphatic heterocycles. The van der Waals surface area contributed by atoms with Crippen LogP contribution in [0.2, 0.25) is 5.28 Å². The molecule has 4 heteroatoms. The summed E-state index contributed by atoms with van der Waals surface area (Å²) < 4.78 is 0. The molecule has 0 amide bonds. The molecule has 3 rings (SSSR count). The second-order valence-electron chi connectivity index (χ2n) is 4.89. The molecule has 19 heavy (non-hydrogen) atoms. The average molecular weight is 274 g/mol. The Morgan fingerprint density at radius 1 is 1.05 bits per heavy atom. The van der Waals surface area contributed by atoms with Crippen LogP contribution in [0.25, 0.3) is 0 Å². The number of halogens is 1. The molecule has 0 radical (unpaired) electrons. The lowest BCUT2D eigenvalue weighted by Gasteiger charge is -2.21. The lowest BCUT2D eigenvalue weighted by atomic mass is 10.0. The van der Waals surface area contributed by atoms with Gasteiger partial charge in [0.2, 0.25) is 5.28 Å². The topological polar surface area (TPSA) is 29.0 Å². The van der Waals surface area contributed by atoms with Crippen LogP contribution < -0.4 is 4.90 Å². The van der Waals surface area contributed by atoms with E-state index in [0.717, 1.165) is 37.4 Å². The van der Waals surface area contributed by atoms with E-state index in [1.54, 1.807) is 0 Å². The Bertz CT molecular complexity index is 550. The van der Waals surface area contributed by atoms with Crippen molar-refractivity contribution >= 4 is 17.4 Å². The van der Waals surface area contributed by atoms with Gasteiger partial charge < -0.3 is 4.90 Å². The van der Waals surface area contributed by atoms with Crippen LogP contribution in [0.4, 0.5) is 5.82 Å². The molecule has 0 fully saturated rings. The van der Waals surface area contributed by atoms with Gasteiger partial charge in [-0.05, 0) is 42.5 Å². The van der Waals surface area contributed by atoms with Gasteiger partial charge in [0, 0.05) is 24.8 Å². The van der Waals surface area contributed by atoms with Crippen LogP contribution in [-0.4, -0.2) is 23.1 Å². The van der Waals surface area contributed by atoms with E-state index < -0.39 is 0 Å². The fourth-order valence-corrected chi connectivity index (χ4v) is 2.80. The summed E-state index contributed by atoms with van der Waals surface area (Å²) >= 11 is 5.95. The van der Waals surface area contributed by atoms with E-state index in [2.05, 4.69) is 39.1 Å². The van der Waals surface area contributed by atoms with Crippen LogP contribution in [0.3, 0.4) is 0 Å². The highest BCUT2D eigenvalue weighted by Crippen LogP contribution is 2.21. The first-order valence-corrected chi connectivity index (χ1v) is 6.93. The Labute approximate surface area is 118 Å². The fraction of sp³-hybridized carbons (Fsp3) is 0.333. The highest BCUT2D eigenvalue weighted by molar-refractivity contribution is 6.28. The third-order valence-corrected chi connectivity index (χ3v) is 3.73. The van der Waals surface area contributed by atoms with E-state index in [9.17, 15) is 0 Å². The molecular formula is C15H16ClN3. The minimum Gasteiger partial charge on any atom is -0.356 e. The summed E-state index contributed by atoms with van der Waals surface area (Å²) in [5, 5.41) is 0.330. The molecular weight excluding hydrogens is 258 g/mol. The maximum absolute atomic E-state index is 5.95. The predicted molar refractivity (Wildman–Crippen MR) is 77.8 cm³/mol. The summed E-state index contributed by atoms with van der Waals surface area (Å²) in [6.07, 6.45) is 2.10. The fourth-order valence-electron chi connectivity index (χ4n) is 2.58. The van der Waals surface area contributed by atoms with Crippen LogP contribution in [0, 0.1) is 6.92 Å². The first-order valence-electron chi connectivity index (χ1n) is 6.55. The van der Waals surface area contributed by atoms with Crippen molar-refractivity contribution < 1.29 is 0 Å². The number of nitrogens with zero attached hydrogens (tertiary/aromatic N) is 3. The number of hydrogen-bond acceptors (Lipinski definition) is 3. The van der Waals surface area contributed by atoms with Gasteiger partial charge in [0.15, 0.2) is 0 Å². The number of rotatable bonds is 1. The zero-order chi connectivity index (χ0) is 13.2. The van der Waals surface area contributed by atoms with Crippen molar-refractivity contribution in [1.82, 2.24) is 9.97 Å². The number of hydrogen-bond donors (Lipinski definition) is 0. The standard InChI is InChI=1S/C15H16ClN3/c1-11-10-14(18-15(16)17-11)19-8-6-12-4-2-3-5-13(12)7-9-19/h2-5,10H,6-9H2,1H3. The zero-order valence-corrected chi connectivity index (χ0v) is 11.7. The summed E-state index contributed by atoms with van der Waals surface area (Å²) in [5.41, 5.74) is 3.81. The molecule has 0 bridgehead atoms. The number of anilines is 1. The highest BCUT2D eigenvalue weighted by atomic mass is 35.5. The summed E-state index contributed by atoms with van der Waals surface area (Å²) in [7, 11) is 0. The van der Waals surface area contributed by atoms with Crippen molar-refractivity contribution in [2.45, 2.75) is 19.8 Å². The second kappa shape index (κ2) is 5.17. The van der Waals surface area contributed by atoms with E-state index in [0.29, 0.717) is 5.28 Å². The monoisotopic (exact) mass is 273 g/mol. The van der Waals surface area contributed by atoms with Crippen molar-refractivity contribution in [2.24, 2.45) is 0 Å². The largest absolute Gasteiger partial charge is 0.356 e. The van der Waals surface area contributed by atoms with E-state index >= 15 is 0 Å². The lowest BCUT2D eigenvalue weighted by Crippen LogP contribution is -2.27. The summed E-state index contributed by atoms with van der Waals surface area (Å²) in [6, 6.07) is 10.7. The molecule has 1 aliphatic rings. The van der Waals surface area contributed by atoms with Gasteiger partial charge in [-0.2, -0.15) is 0 Å². The first-order chi connectivity index (χ1) is 9.22. The number of fused-ring (bicyclic) bond motifs is 1. The van der Waals surface area contributed by atoms with E-state index in [4.69, 9.17) is 11.6 Å². The van der Waals surface area contributed by atoms with Gasteiger partial charge in [-0.15, -0.1) is 0 Å². The molecule has 0 N–H and O–H groups in total. The van der Waals surface area contributed by atoms with Gasteiger partial charge in [-0.25, -0.2) is 9.97 Å². The molecule has 3 nitrogen and oxygen atoms in total. The average Bonchev–Trinajstić information content (AvgIpc) is 2.60. The van der Waals surface area contributed by atoms with Gasteiger partial charge in [-0.3, -0.25) is 0 Å². The number of benzene rings is 1. The summed E-state index contributed by atoms with van der Waals surface area (Å²) in [5.74, 6) is 0.935. The molecule has 1 aromatic heterocycles. The van der Waals surface area contributed by atoms with Gasteiger partial charge >= 0.3 is 0 Å². The molecule has 2 heterocycles. The van der Waals surface area contributed by atoms with Crippen LogP contribution in [0.1, 0.15) is 16.8 Å². The minimum absolute atomic E-state index is 0.330. The SMILES string of the molecule is Cc1cc(N2CCc3ccccc3CC2)nc(Cl)n1. The third kappa shape index (κ3) is 2.71. The van der Waals surface area contributed by atoms with Gasteiger partial charge in [0.25, 0.3) is 0 Å². The molecule has 2 aromatic rings. The molecule has 0 saturated carbocycles. The molecule has 0 spiro atoms. The van der Waals surface area contributed by atoms with E-state index in [1.807, 2.05) is 13.0 Å².